The highest BCUT2D eigenvalue weighted by Crippen LogP contribution is 2.19. The minimum absolute atomic E-state index is 0.209. The number of rotatable bonds is 6. The molecule has 2 N–H and O–H groups in total. The number of nitrogens with one attached hydrogen (secondary N) is 2. The first-order chi connectivity index (χ1) is 14.3. The smallest absolute Gasteiger partial charge is 0.280 e. The molecule has 0 aliphatic carbocycles. The van der Waals surface area contributed by atoms with Crippen molar-refractivity contribution in [3.63, 3.8) is 0 Å². The van der Waals surface area contributed by atoms with E-state index in [-0.39, 0.29) is 5.56 Å². The van der Waals surface area contributed by atoms with Crippen molar-refractivity contribution in [2.75, 3.05) is 12.5 Å². The molecule has 0 radical (unpaired) electrons. The number of methoxy groups -OCH3 is 1. The standard InChI is InChI=1S/C22H24N6O2/c1-13-6-7-18(8-14(13)2)28-22(29)20(16(4)27-28)11-24-26-21-19(10-23)17(12-30-5)9-15(3)25-21/h6-9,11,27H,12H2,1-5H3,(H,25,26)/b24-11-. The van der Waals surface area contributed by atoms with Gasteiger partial charge in [0.15, 0.2) is 5.82 Å². The highest BCUT2D eigenvalue weighted by molar-refractivity contribution is 5.81. The van der Waals surface area contributed by atoms with Gasteiger partial charge in [0.2, 0.25) is 0 Å². The van der Waals surface area contributed by atoms with Crippen LogP contribution in [0.2, 0.25) is 0 Å². The van der Waals surface area contributed by atoms with Crippen molar-refractivity contribution in [2.45, 2.75) is 34.3 Å². The van der Waals surface area contributed by atoms with Crippen molar-refractivity contribution in [1.29, 1.82) is 5.26 Å². The third-order valence-electron chi connectivity index (χ3n) is 4.87. The maximum atomic E-state index is 12.9. The Balaban J connectivity index is 1.91. The van der Waals surface area contributed by atoms with Crippen molar-refractivity contribution in [3.05, 3.63) is 73.8 Å². The van der Waals surface area contributed by atoms with Crippen LogP contribution in [0.3, 0.4) is 0 Å². The van der Waals surface area contributed by atoms with E-state index in [1.807, 2.05) is 45.9 Å². The van der Waals surface area contributed by atoms with Gasteiger partial charge in [-0.15, -0.1) is 0 Å². The van der Waals surface area contributed by atoms with E-state index in [4.69, 9.17) is 4.74 Å². The molecule has 0 unspecified atom stereocenters. The van der Waals surface area contributed by atoms with Crippen molar-refractivity contribution in [2.24, 2.45) is 5.10 Å². The van der Waals surface area contributed by atoms with Gasteiger partial charge in [-0.05, 0) is 57.0 Å². The highest BCUT2D eigenvalue weighted by atomic mass is 16.5. The molecule has 8 nitrogen and oxygen atoms in total. The Morgan fingerprint density at radius 2 is 2.03 bits per heavy atom. The zero-order chi connectivity index (χ0) is 21.8. The molecule has 0 amide bonds. The Morgan fingerprint density at radius 1 is 1.27 bits per heavy atom. The van der Waals surface area contributed by atoms with E-state index in [0.717, 1.165) is 28.1 Å². The zero-order valence-electron chi connectivity index (χ0n) is 17.7. The number of nitriles is 1. The third kappa shape index (κ3) is 4.16. The quantitative estimate of drug-likeness (QED) is 0.484. The van der Waals surface area contributed by atoms with E-state index in [9.17, 15) is 10.1 Å². The summed E-state index contributed by atoms with van der Waals surface area (Å²) in [6.45, 7) is 7.96. The van der Waals surface area contributed by atoms with E-state index in [1.165, 1.54) is 10.9 Å². The molecule has 0 spiro atoms. The minimum Gasteiger partial charge on any atom is -0.380 e. The molecule has 0 saturated carbocycles. The number of aryl methyl sites for hydroxylation is 4. The van der Waals surface area contributed by atoms with Gasteiger partial charge < -0.3 is 4.74 Å². The average molecular weight is 404 g/mol. The molecule has 0 aliphatic rings. The Morgan fingerprint density at radius 3 is 2.70 bits per heavy atom. The highest BCUT2D eigenvalue weighted by Gasteiger charge is 2.13. The fraction of sp³-hybridized carbons (Fsp3) is 0.273. The fourth-order valence-electron chi connectivity index (χ4n) is 3.13. The van der Waals surface area contributed by atoms with Gasteiger partial charge in [0.25, 0.3) is 5.56 Å². The van der Waals surface area contributed by atoms with E-state index in [2.05, 4.69) is 26.7 Å². The van der Waals surface area contributed by atoms with Gasteiger partial charge in [-0.1, -0.05) is 6.07 Å². The molecule has 0 aliphatic heterocycles. The van der Waals surface area contributed by atoms with Crippen LogP contribution >= 0.6 is 0 Å². The second-order valence-corrected chi connectivity index (χ2v) is 7.12. The Bertz CT molecular complexity index is 1210. The van der Waals surface area contributed by atoms with Gasteiger partial charge in [-0.3, -0.25) is 15.3 Å². The molecule has 154 valence electrons. The normalized spacial score (nSPS) is 11.1. The molecule has 2 heterocycles. The second-order valence-electron chi connectivity index (χ2n) is 7.12. The molecule has 0 atom stereocenters. The number of pyridine rings is 1. The van der Waals surface area contributed by atoms with Crippen LogP contribution in [0.25, 0.3) is 5.69 Å². The average Bonchev–Trinajstić information content (AvgIpc) is 2.98. The summed E-state index contributed by atoms with van der Waals surface area (Å²) in [6, 6.07) is 9.76. The number of benzene rings is 1. The van der Waals surface area contributed by atoms with Crippen LogP contribution in [0.1, 0.15) is 39.2 Å². The van der Waals surface area contributed by atoms with Crippen LogP contribution in [0.15, 0.2) is 34.2 Å². The number of hydrogen-bond acceptors (Lipinski definition) is 6. The first-order valence-corrected chi connectivity index (χ1v) is 9.43. The summed E-state index contributed by atoms with van der Waals surface area (Å²) in [5.41, 5.74) is 8.52. The molecule has 3 rings (SSSR count). The first kappa shape index (κ1) is 21.0. The number of hydrogen-bond donors (Lipinski definition) is 2. The molecule has 30 heavy (non-hydrogen) atoms. The summed E-state index contributed by atoms with van der Waals surface area (Å²) in [7, 11) is 1.57. The predicted octanol–water partition coefficient (Wildman–Crippen LogP) is 3.26. The first-order valence-electron chi connectivity index (χ1n) is 9.43. The van der Waals surface area contributed by atoms with Crippen molar-refractivity contribution in [3.8, 4) is 11.8 Å². The van der Waals surface area contributed by atoms with E-state index < -0.39 is 0 Å². The lowest BCUT2D eigenvalue weighted by Gasteiger charge is -2.09. The lowest BCUT2D eigenvalue weighted by molar-refractivity contribution is 0.184. The Hall–Kier alpha value is -3.70. The number of ether oxygens (including phenoxy) is 1. The lowest BCUT2D eigenvalue weighted by atomic mass is 10.1. The SMILES string of the molecule is COCc1cc(C)nc(N/N=C\c2c(C)[nH]n(-c3ccc(C)c(C)c3)c2=O)c1C#N. The van der Waals surface area contributed by atoms with Crippen LogP contribution < -0.4 is 11.0 Å². The second kappa shape index (κ2) is 8.76. The minimum atomic E-state index is -0.209. The lowest BCUT2D eigenvalue weighted by Crippen LogP contribution is -2.17. The molecular weight excluding hydrogens is 380 g/mol. The Labute approximate surface area is 174 Å². The summed E-state index contributed by atoms with van der Waals surface area (Å²) < 4.78 is 6.64. The molecule has 0 fully saturated rings. The number of aromatic nitrogens is 3. The van der Waals surface area contributed by atoms with Crippen LogP contribution in [0.4, 0.5) is 5.82 Å². The van der Waals surface area contributed by atoms with Crippen LogP contribution in [0.5, 0.6) is 0 Å². The van der Waals surface area contributed by atoms with E-state index in [1.54, 1.807) is 13.2 Å². The monoisotopic (exact) mass is 404 g/mol. The van der Waals surface area contributed by atoms with E-state index >= 15 is 0 Å². The number of aromatic amines is 1. The molecule has 0 bridgehead atoms. The van der Waals surface area contributed by atoms with Gasteiger partial charge in [-0.2, -0.15) is 10.4 Å². The molecule has 2 aromatic heterocycles. The van der Waals surface area contributed by atoms with Crippen LogP contribution in [0, 0.1) is 39.0 Å². The summed E-state index contributed by atoms with van der Waals surface area (Å²) in [5, 5.41) is 16.7. The van der Waals surface area contributed by atoms with Gasteiger partial charge in [0, 0.05) is 24.1 Å². The van der Waals surface area contributed by atoms with Crippen LogP contribution in [-0.2, 0) is 11.3 Å². The van der Waals surface area contributed by atoms with Gasteiger partial charge in [0.1, 0.15) is 11.6 Å². The van der Waals surface area contributed by atoms with Crippen molar-refractivity contribution < 1.29 is 4.74 Å². The largest absolute Gasteiger partial charge is 0.380 e. The molecular formula is C22H24N6O2. The summed E-state index contributed by atoms with van der Waals surface area (Å²) in [5.74, 6) is 0.323. The number of anilines is 1. The van der Waals surface area contributed by atoms with Crippen molar-refractivity contribution in [1.82, 2.24) is 14.8 Å². The molecule has 1 aromatic carbocycles. The van der Waals surface area contributed by atoms with Gasteiger partial charge in [-0.25, -0.2) is 9.67 Å². The number of H-pyrrole nitrogens is 1. The maximum Gasteiger partial charge on any atom is 0.280 e. The van der Waals surface area contributed by atoms with Gasteiger partial charge >= 0.3 is 0 Å². The van der Waals surface area contributed by atoms with Crippen molar-refractivity contribution >= 4 is 12.0 Å². The fourth-order valence-corrected chi connectivity index (χ4v) is 3.13. The summed E-state index contributed by atoms with van der Waals surface area (Å²) >= 11 is 0. The third-order valence-corrected chi connectivity index (χ3v) is 4.87. The zero-order valence-corrected chi connectivity index (χ0v) is 17.7. The summed E-state index contributed by atoms with van der Waals surface area (Å²) in [4.78, 5) is 17.2. The summed E-state index contributed by atoms with van der Waals surface area (Å²) in [6.07, 6.45) is 1.44. The predicted molar refractivity (Wildman–Crippen MR) is 116 cm³/mol. The maximum absolute atomic E-state index is 12.9. The topological polar surface area (TPSA) is 108 Å². The Kier molecular flexibility index (Phi) is 6.14. The molecule has 0 saturated heterocycles. The number of nitrogens with zero attached hydrogens (tertiary/aromatic N) is 4. The van der Waals surface area contributed by atoms with E-state index in [0.29, 0.717) is 29.2 Å². The van der Waals surface area contributed by atoms with Crippen LogP contribution in [-0.4, -0.2) is 28.1 Å². The molecule has 8 heteroatoms. The number of hydrazone groups is 1. The van der Waals surface area contributed by atoms with Gasteiger partial charge in [0.05, 0.1) is 24.1 Å². The molecule has 3 aromatic rings.